The van der Waals surface area contributed by atoms with Crippen LogP contribution in [0.1, 0.15) is 89.2 Å². The predicted molar refractivity (Wildman–Crippen MR) is 277 cm³/mol. The first-order valence-corrected chi connectivity index (χ1v) is 24.9. The molecule has 2 aliphatic heterocycles. The van der Waals surface area contributed by atoms with E-state index in [9.17, 15) is 28.4 Å². The van der Waals surface area contributed by atoms with Crippen molar-refractivity contribution in [1.29, 1.82) is 0 Å². The molecular formula is C55H63FN10O7. The van der Waals surface area contributed by atoms with Crippen LogP contribution in [0.25, 0.3) is 43.8 Å². The van der Waals surface area contributed by atoms with Gasteiger partial charge in [0.25, 0.3) is 5.91 Å². The number of anilines is 1. The Balaban J connectivity index is 0.961. The van der Waals surface area contributed by atoms with E-state index in [1.165, 1.54) is 18.2 Å². The van der Waals surface area contributed by atoms with E-state index in [1.54, 1.807) is 23.6 Å². The van der Waals surface area contributed by atoms with Crippen LogP contribution in [0.2, 0.25) is 0 Å². The molecule has 1 unspecified atom stereocenters. The molecule has 2 fully saturated rings. The average molecular weight is 995 g/mol. The third-order valence-corrected chi connectivity index (χ3v) is 14.0. The number of hydrogen-bond acceptors (Lipinski definition) is 11. The summed E-state index contributed by atoms with van der Waals surface area (Å²) >= 11 is 0. The predicted octanol–water partition coefficient (Wildman–Crippen LogP) is 6.85. The quantitative estimate of drug-likeness (QED) is 0.0446. The van der Waals surface area contributed by atoms with E-state index in [0.29, 0.717) is 92.7 Å². The third-order valence-electron chi connectivity index (χ3n) is 14.0. The second-order valence-electron chi connectivity index (χ2n) is 20.3. The van der Waals surface area contributed by atoms with Gasteiger partial charge in [-0.05, 0) is 121 Å². The fraction of sp³-hybridized carbons (Fsp3) is 0.400. The van der Waals surface area contributed by atoms with Gasteiger partial charge in [-0.1, -0.05) is 24.3 Å². The number of amides is 4. The largest absolute Gasteiger partial charge is 0.493 e. The number of imide groups is 1. The maximum absolute atomic E-state index is 14.7. The van der Waals surface area contributed by atoms with Crippen molar-refractivity contribution in [3.05, 3.63) is 106 Å². The molecule has 9 rings (SSSR count). The summed E-state index contributed by atoms with van der Waals surface area (Å²) in [5.41, 5.74) is 14.1. The summed E-state index contributed by atoms with van der Waals surface area (Å²) in [5.74, 6) is -1.18. The van der Waals surface area contributed by atoms with Crippen LogP contribution >= 0.6 is 0 Å². The molecule has 2 aliphatic rings. The number of benzene rings is 4. The smallest absolute Gasteiger partial charge is 0.355 e. The molecule has 18 heteroatoms. The molecule has 0 aliphatic carbocycles. The minimum atomic E-state index is -0.881. The Kier molecular flexibility index (Phi) is 13.9. The van der Waals surface area contributed by atoms with Gasteiger partial charge in [-0.2, -0.15) is 5.10 Å². The van der Waals surface area contributed by atoms with E-state index < -0.39 is 29.4 Å². The van der Waals surface area contributed by atoms with E-state index in [1.807, 2.05) is 62.5 Å². The third kappa shape index (κ3) is 10.3. The van der Waals surface area contributed by atoms with E-state index in [4.69, 9.17) is 20.3 Å². The lowest BCUT2D eigenvalue weighted by Gasteiger charge is -2.35. The first kappa shape index (κ1) is 50.3. The maximum Gasteiger partial charge on any atom is 0.355 e. The molecule has 17 nitrogen and oxygen atoms in total. The molecule has 3 aromatic heterocycles. The first-order chi connectivity index (χ1) is 34.8. The molecule has 7 aromatic rings. The van der Waals surface area contributed by atoms with Gasteiger partial charge in [0.1, 0.15) is 46.8 Å². The van der Waals surface area contributed by atoms with Crippen LogP contribution in [0.5, 0.6) is 5.75 Å². The van der Waals surface area contributed by atoms with Gasteiger partial charge in [0.15, 0.2) is 0 Å². The lowest BCUT2D eigenvalue weighted by Crippen LogP contribution is -2.52. The number of carbonyl (C=O) groups is 5. The number of nitrogens with zero attached hydrogens (tertiary/aromatic N) is 7. The van der Waals surface area contributed by atoms with Crippen LogP contribution in [-0.2, 0) is 45.7 Å². The summed E-state index contributed by atoms with van der Waals surface area (Å²) in [6, 6.07) is 16.8. The number of carbonyl (C=O) groups excluding carboxylic acids is 5. The molecule has 0 radical (unpaired) electrons. The number of piperazine rings is 1. The Labute approximate surface area is 422 Å². The normalized spacial score (nSPS) is 15.6. The number of imidazole rings is 1. The zero-order valence-corrected chi connectivity index (χ0v) is 42.8. The van der Waals surface area contributed by atoms with Crippen molar-refractivity contribution in [2.45, 2.75) is 98.9 Å². The van der Waals surface area contributed by atoms with Crippen molar-refractivity contribution in [3.8, 4) is 16.9 Å². The van der Waals surface area contributed by atoms with E-state index in [-0.39, 0.29) is 42.6 Å². The second kappa shape index (κ2) is 20.1. The number of rotatable bonds is 14. The van der Waals surface area contributed by atoms with Crippen LogP contribution < -0.4 is 21.1 Å². The highest BCUT2D eigenvalue weighted by molar-refractivity contribution is 6.09. The molecule has 4 amide bonds. The highest BCUT2D eigenvalue weighted by Crippen LogP contribution is 2.41. The summed E-state index contributed by atoms with van der Waals surface area (Å²) in [4.78, 5) is 75.2. The number of nitrogen functional groups attached to an aromatic ring is 1. The van der Waals surface area contributed by atoms with Gasteiger partial charge in [-0.15, -0.1) is 0 Å². The molecule has 4 aromatic carbocycles. The van der Waals surface area contributed by atoms with Crippen LogP contribution in [0.3, 0.4) is 0 Å². The van der Waals surface area contributed by atoms with Crippen molar-refractivity contribution in [2.24, 2.45) is 7.05 Å². The van der Waals surface area contributed by atoms with Gasteiger partial charge in [0, 0.05) is 86.0 Å². The number of hydrogen-bond donors (Lipinski definition) is 3. The zero-order chi connectivity index (χ0) is 52.0. The number of aryl methyl sites for hydroxylation is 5. The Hall–Kier alpha value is -7.60. The molecule has 0 spiro atoms. The molecule has 0 saturated carbocycles. The van der Waals surface area contributed by atoms with Gasteiger partial charge in [-0.3, -0.25) is 34.1 Å². The Bertz CT molecular complexity index is 3360. The number of piperidine rings is 1. The summed E-state index contributed by atoms with van der Waals surface area (Å²) < 4.78 is 32.4. The number of esters is 1. The summed E-state index contributed by atoms with van der Waals surface area (Å²) in [5, 5.41) is 12.3. The number of halogens is 1. The van der Waals surface area contributed by atoms with Crippen molar-refractivity contribution < 1.29 is 37.8 Å². The van der Waals surface area contributed by atoms with Gasteiger partial charge in [-0.25, -0.2) is 14.2 Å². The van der Waals surface area contributed by atoms with E-state index >= 15 is 0 Å². The highest BCUT2D eigenvalue weighted by Gasteiger charge is 2.33. The van der Waals surface area contributed by atoms with Gasteiger partial charge >= 0.3 is 5.97 Å². The number of aromatic nitrogens is 5. The van der Waals surface area contributed by atoms with E-state index in [2.05, 4.69) is 51.1 Å². The van der Waals surface area contributed by atoms with Crippen LogP contribution in [-0.4, -0.2) is 114 Å². The topological polar surface area (TPSA) is 201 Å². The SMILES string of the molecule is Cc1ccc2c(CCCOc3cccc4cc(F)ccc34)c(C(=O)OC(C)(C)C)n(CCN3CCN(C(=O)Cn4c(C)nc5c(C(=O)NC6CCC(=O)NC6=O)cc(N)cc54)CC3)c2c1-c1c(C)nn(C)c1C. The van der Waals surface area contributed by atoms with E-state index in [0.717, 1.165) is 55.3 Å². The molecule has 1 atom stereocenters. The first-order valence-electron chi connectivity index (χ1n) is 24.9. The summed E-state index contributed by atoms with van der Waals surface area (Å²) in [7, 11) is 1.94. The van der Waals surface area contributed by atoms with Gasteiger partial charge in [0.2, 0.25) is 17.7 Å². The zero-order valence-electron chi connectivity index (χ0n) is 42.8. The summed E-state index contributed by atoms with van der Waals surface area (Å²) in [6.45, 7) is 17.0. The van der Waals surface area contributed by atoms with Crippen molar-refractivity contribution in [1.82, 2.24) is 44.3 Å². The van der Waals surface area contributed by atoms with Crippen molar-refractivity contribution in [3.63, 3.8) is 0 Å². The standard InChI is InChI=1S/C55H63FN10O7/c1-31-14-16-40-39(12-10-26-72-44-13-9-11-35-27-36(56)15-17-38(35)44)51(54(71)73-55(5,6)7)65(50(40)47(31)48-32(2)61-62(8)33(48)3)25-22-63-20-23-64(24-21-63)46(68)30-66-34(4)58-49-41(28-37(57)29-43(49)66)52(69)59-42-18-19-45(67)60-53(42)70/h9,11,13-17,27-29,42H,10,12,18-26,30,57H2,1-8H3,(H,59,69)(H,60,67,70). The fourth-order valence-corrected chi connectivity index (χ4v) is 10.4. The molecule has 73 heavy (non-hydrogen) atoms. The molecule has 4 N–H and O–H groups in total. The number of nitrogens with one attached hydrogen (secondary N) is 2. The van der Waals surface area contributed by atoms with Crippen molar-refractivity contribution in [2.75, 3.05) is 45.1 Å². The number of fused-ring (bicyclic) bond motifs is 3. The Morgan fingerprint density at radius 3 is 2.38 bits per heavy atom. The maximum atomic E-state index is 14.7. The molecule has 5 heterocycles. The summed E-state index contributed by atoms with van der Waals surface area (Å²) in [6.07, 6.45) is 1.39. The monoisotopic (exact) mass is 994 g/mol. The highest BCUT2D eigenvalue weighted by atomic mass is 19.1. The average Bonchev–Trinajstić information content (AvgIpc) is 3.92. The number of ether oxygens (including phenoxy) is 2. The minimum Gasteiger partial charge on any atom is -0.493 e. The Morgan fingerprint density at radius 2 is 1.67 bits per heavy atom. The molecular weight excluding hydrogens is 932 g/mol. The number of nitrogens with two attached hydrogens (primary N) is 1. The van der Waals surface area contributed by atoms with Crippen LogP contribution in [0.4, 0.5) is 10.1 Å². The minimum absolute atomic E-state index is 0.0281. The molecule has 0 bridgehead atoms. The fourth-order valence-electron chi connectivity index (χ4n) is 10.4. The Morgan fingerprint density at radius 1 is 0.918 bits per heavy atom. The lowest BCUT2D eigenvalue weighted by atomic mass is 9.94. The lowest BCUT2D eigenvalue weighted by molar-refractivity contribution is -0.135. The van der Waals surface area contributed by atoms with Crippen molar-refractivity contribution >= 4 is 68.0 Å². The van der Waals surface area contributed by atoms with Crippen LogP contribution in [0, 0.1) is 33.5 Å². The van der Waals surface area contributed by atoms with Gasteiger partial charge in [0.05, 0.1) is 28.9 Å². The van der Waals surface area contributed by atoms with Crippen LogP contribution in [0.15, 0.2) is 60.7 Å². The molecule has 382 valence electrons. The molecule has 2 saturated heterocycles. The van der Waals surface area contributed by atoms with Gasteiger partial charge < -0.3 is 34.6 Å². The second-order valence-corrected chi connectivity index (χ2v) is 20.3.